The largest absolute Gasteiger partial charge is 0.478 e. The molecule has 0 spiro atoms. The Hall–Kier alpha value is -2.14. The van der Waals surface area contributed by atoms with Crippen LogP contribution in [0.2, 0.25) is 5.02 Å². The molecule has 2 aromatic rings. The van der Waals surface area contributed by atoms with Crippen LogP contribution in [0.4, 0.5) is 14.5 Å². The van der Waals surface area contributed by atoms with Gasteiger partial charge in [-0.25, -0.2) is 13.6 Å². The summed E-state index contributed by atoms with van der Waals surface area (Å²) in [5, 5.41) is 11.6. The summed E-state index contributed by atoms with van der Waals surface area (Å²) in [7, 11) is 0. The lowest BCUT2D eigenvalue weighted by atomic mass is 10.1. The maximum Gasteiger partial charge on any atom is 0.338 e. The second-order valence-electron chi connectivity index (χ2n) is 4.10. The molecule has 3 nitrogen and oxygen atoms in total. The first-order valence-corrected chi connectivity index (χ1v) is 6.06. The normalized spacial score (nSPS) is 10.3. The maximum absolute atomic E-state index is 13.5. The molecule has 2 N–H and O–H groups in total. The van der Waals surface area contributed by atoms with Gasteiger partial charge in [-0.15, -0.1) is 0 Å². The fourth-order valence-electron chi connectivity index (χ4n) is 1.65. The third-order valence-electron chi connectivity index (χ3n) is 2.68. The summed E-state index contributed by atoms with van der Waals surface area (Å²) < 4.78 is 26.7. The first kappa shape index (κ1) is 14.3. The molecule has 0 heterocycles. The van der Waals surface area contributed by atoms with Gasteiger partial charge >= 0.3 is 5.97 Å². The van der Waals surface area contributed by atoms with Gasteiger partial charge in [-0.1, -0.05) is 17.7 Å². The SMILES string of the molecule is O=C(O)c1ccc(CNc2ccc(Cl)c(F)c2)cc1F. The van der Waals surface area contributed by atoms with Crippen molar-refractivity contribution in [2.75, 3.05) is 5.32 Å². The first-order valence-electron chi connectivity index (χ1n) is 5.68. The van der Waals surface area contributed by atoms with Crippen LogP contribution in [-0.4, -0.2) is 11.1 Å². The topological polar surface area (TPSA) is 49.3 Å². The average molecular weight is 298 g/mol. The molecular weight excluding hydrogens is 288 g/mol. The monoisotopic (exact) mass is 297 g/mol. The number of anilines is 1. The van der Waals surface area contributed by atoms with Gasteiger partial charge in [-0.05, 0) is 35.9 Å². The third kappa shape index (κ3) is 3.24. The van der Waals surface area contributed by atoms with Crippen LogP contribution in [0.5, 0.6) is 0 Å². The van der Waals surface area contributed by atoms with E-state index in [1.54, 1.807) is 6.07 Å². The summed E-state index contributed by atoms with van der Waals surface area (Å²) in [5.74, 6) is -2.68. The van der Waals surface area contributed by atoms with E-state index in [2.05, 4.69) is 5.32 Å². The minimum atomic E-state index is -1.32. The second kappa shape index (κ2) is 5.88. The van der Waals surface area contributed by atoms with Gasteiger partial charge in [0.2, 0.25) is 0 Å². The Morgan fingerprint density at radius 1 is 1.15 bits per heavy atom. The molecule has 20 heavy (non-hydrogen) atoms. The number of carbonyl (C=O) groups is 1. The van der Waals surface area contributed by atoms with Crippen molar-refractivity contribution in [2.24, 2.45) is 0 Å². The summed E-state index contributed by atoms with van der Waals surface area (Å²) in [6.45, 7) is 0.234. The van der Waals surface area contributed by atoms with Crippen molar-refractivity contribution in [2.45, 2.75) is 6.54 Å². The molecule has 2 aromatic carbocycles. The van der Waals surface area contributed by atoms with Crippen molar-refractivity contribution in [3.05, 3.63) is 64.2 Å². The molecule has 0 saturated carbocycles. The molecule has 0 radical (unpaired) electrons. The molecule has 0 unspecified atom stereocenters. The zero-order valence-electron chi connectivity index (χ0n) is 10.2. The number of hydrogen-bond acceptors (Lipinski definition) is 2. The Morgan fingerprint density at radius 3 is 2.50 bits per heavy atom. The molecule has 0 aliphatic rings. The van der Waals surface area contributed by atoms with Gasteiger partial charge in [0.1, 0.15) is 11.6 Å². The molecular formula is C14H10ClF2NO2. The highest BCUT2D eigenvalue weighted by molar-refractivity contribution is 6.30. The van der Waals surface area contributed by atoms with Crippen molar-refractivity contribution in [3.63, 3.8) is 0 Å². The summed E-state index contributed by atoms with van der Waals surface area (Å²) in [6, 6.07) is 8.04. The Morgan fingerprint density at radius 2 is 1.90 bits per heavy atom. The Bertz CT molecular complexity index is 662. The first-order chi connectivity index (χ1) is 9.47. The van der Waals surface area contributed by atoms with E-state index in [1.165, 1.54) is 24.3 Å². The molecule has 0 atom stereocenters. The van der Waals surface area contributed by atoms with E-state index in [-0.39, 0.29) is 17.1 Å². The van der Waals surface area contributed by atoms with Crippen LogP contribution >= 0.6 is 11.6 Å². The molecule has 2 rings (SSSR count). The van der Waals surface area contributed by atoms with Gasteiger partial charge in [0.15, 0.2) is 0 Å². The van der Waals surface area contributed by atoms with Gasteiger partial charge in [0.05, 0.1) is 10.6 Å². The lowest BCUT2D eigenvalue weighted by molar-refractivity contribution is 0.0692. The smallest absolute Gasteiger partial charge is 0.338 e. The fraction of sp³-hybridized carbons (Fsp3) is 0.0714. The van der Waals surface area contributed by atoms with Crippen LogP contribution in [0.15, 0.2) is 36.4 Å². The highest BCUT2D eigenvalue weighted by Gasteiger charge is 2.10. The van der Waals surface area contributed by atoms with E-state index in [4.69, 9.17) is 16.7 Å². The van der Waals surface area contributed by atoms with Crippen LogP contribution in [-0.2, 0) is 6.54 Å². The molecule has 6 heteroatoms. The molecule has 0 fully saturated rings. The predicted molar refractivity (Wildman–Crippen MR) is 72.1 cm³/mol. The summed E-state index contributed by atoms with van der Waals surface area (Å²) in [4.78, 5) is 10.7. The van der Waals surface area contributed by atoms with Gasteiger partial charge in [-0.2, -0.15) is 0 Å². The molecule has 0 aromatic heterocycles. The molecule has 0 aliphatic carbocycles. The van der Waals surface area contributed by atoms with Crippen LogP contribution in [0.25, 0.3) is 0 Å². The summed E-state index contributed by atoms with van der Waals surface area (Å²) in [6.07, 6.45) is 0. The van der Waals surface area contributed by atoms with Crippen LogP contribution in [0.1, 0.15) is 15.9 Å². The zero-order valence-corrected chi connectivity index (χ0v) is 10.9. The van der Waals surface area contributed by atoms with Gasteiger partial charge < -0.3 is 10.4 Å². The van der Waals surface area contributed by atoms with Crippen molar-refractivity contribution < 1.29 is 18.7 Å². The highest BCUT2D eigenvalue weighted by atomic mass is 35.5. The van der Waals surface area contributed by atoms with Gasteiger partial charge in [-0.3, -0.25) is 0 Å². The van der Waals surface area contributed by atoms with E-state index < -0.39 is 17.6 Å². The van der Waals surface area contributed by atoms with E-state index in [0.29, 0.717) is 11.3 Å². The second-order valence-corrected chi connectivity index (χ2v) is 4.51. The lowest BCUT2D eigenvalue weighted by Gasteiger charge is -2.08. The third-order valence-corrected chi connectivity index (χ3v) is 2.99. The summed E-state index contributed by atoms with van der Waals surface area (Å²) in [5.41, 5.74) is 0.656. The van der Waals surface area contributed by atoms with E-state index >= 15 is 0 Å². The van der Waals surface area contributed by atoms with Crippen LogP contribution in [0, 0.1) is 11.6 Å². The minimum Gasteiger partial charge on any atom is -0.478 e. The van der Waals surface area contributed by atoms with E-state index in [0.717, 1.165) is 6.07 Å². The Kier molecular flexibility index (Phi) is 4.20. The number of rotatable bonds is 4. The van der Waals surface area contributed by atoms with Crippen molar-refractivity contribution >= 4 is 23.3 Å². The number of aromatic carboxylic acids is 1. The molecule has 0 bridgehead atoms. The standard InChI is InChI=1S/C14H10ClF2NO2/c15-11-4-2-9(6-13(11)17)18-7-8-1-3-10(14(19)20)12(16)5-8/h1-6,18H,7H2,(H,19,20). The van der Waals surface area contributed by atoms with Gasteiger partial charge in [0, 0.05) is 12.2 Å². The minimum absolute atomic E-state index is 0.0207. The van der Waals surface area contributed by atoms with Gasteiger partial charge in [0.25, 0.3) is 0 Å². The molecule has 104 valence electrons. The highest BCUT2D eigenvalue weighted by Crippen LogP contribution is 2.19. The van der Waals surface area contributed by atoms with Crippen LogP contribution < -0.4 is 5.32 Å². The lowest BCUT2D eigenvalue weighted by Crippen LogP contribution is -2.04. The quantitative estimate of drug-likeness (QED) is 0.899. The number of nitrogens with one attached hydrogen (secondary N) is 1. The number of hydrogen-bond donors (Lipinski definition) is 2. The molecule has 0 aliphatic heterocycles. The zero-order chi connectivity index (χ0) is 14.7. The fourth-order valence-corrected chi connectivity index (χ4v) is 1.77. The Balaban J connectivity index is 2.09. The molecule has 0 amide bonds. The number of carboxylic acids is 1. The van der Waals surface area contributed by atoms with E-state index in [1.807, 2.05) is 0 Å². The number of benzene rings is 2. The van der Waals surface area contributed by atoms with Crippen molar-refractivity contribution in [1.29, 1.82) is 0 Å². The summed E-state index contributed by atoms with van der Waals surface area (Å²) >= 11 is 5.56. The Labute approximate surface area is 118 Å². The number of halogens is 3. The average Bonchev–Trinajstić information content (AvgIpc) is 2.40. The maximum atomic E-state index is 13.5. The van der Waals surface area contributed by atoms with Crippen molar-refractivity contribution in [3.8, 4) is 0 Å². The predicted octanol–water partition coefficient (Wildman–Crippen LogP) is 3.93. The molecule has 0 saturated heterocycles. The number of carboxylic acid groups (broad SMARTS) is 1. The van der Waals surface area contributed by atoms with Crippen molar-refractivity contribution in [1.82, 2.24) is 0 Å². The van der Waals surface area contributed by atoms with Crippen LogP contribution in [0.3, 0.4) is 0 Å². The van der Waals surface area contributed by atoms with E-state index in [9.17, 15) is 13.6 Å².